The molecular weight excluding hydrogens is 376 g/mol. The number of nitrogens with one attached hydrogen (secondary N) is 1. The lowest BCUT2D eigenvalue weighted by Gasteiger charge is -2.05. The third kappa shape index (κ3) is 3.01. The summed E-state index contributed by atoms with van der Waals surface area (Å²) >= 11 is 4.49. The molecule has 128 valence electrons. The number of rotatable bonds is 4. The molecule has 3 heterocycles. The Labute approximate surface area is 156 Å². The summed E-state index contributed by atoms with van der Waals surface area (Å²) in [5.41, 5.74) is 1.88. The number of hydrogen-bond acceptors (Lipinski definition) is 7. The number of carbonyl (C=O) groups excluding carboxylic acids is 2. The molecule has 1 aliphatic carbocycles. The zero-order valence-corrected chi connectivity index (χ0v) is 15.8. The quantitative estimate of drug-likeness (QED) is 0.668. The lowest BCUT2D eigenvalue weighted by molar-refractivity contribution is 0.0601. The fourth-order valence-electron chi connectivity index (χ4n) is 2.87. The lowest BCUT2D eigenvalue weighted by atomic mass is 10.1. The number of thiophene rings is 2. The fraction of sp³-hybridized carbons (Fsp3) is 0.235. The predicted molar refractivity (Wildman–Crippen MR) is 101 cm³/mol. The van der Waals surface area contributed by atoms with Gasteiger partial charge in [0.05, 0.1) is 17.6 Å². The van der Waals surface area contributed by atoms with E-state index in [0.717, 1.165) is 39.6 Å². The Morgan fingerprint density at radius 3 is 2.92 bits per heavy atom. The van der Waals surface area contributed by atoms with Crippen LogP contribution < -0.4 is 5.32 Å². The van der Waals surface area contributed by atoms with Crippen LogP contribution >= 0.6 is 34.0 Å². The number of ether oxygens (including phenoxy) is 1. The number of fused-ring (bicyclic) bond motifs is 1. The topological polar surface area (TPSA) is 68.3 Å². The summed E-state index contributed by atoms with van der Waals surface area (Å²) in [4.78, 5) is 31.3. The molecule has 0 fully saturated rings. The number of aromatic nitrogens is 1. The maximum Gasteiger partial charge on any atom is 0.341 e. The highest BCUT2D eigenvalue weighted by atomic mass is 32.1. The summed E-state index contributed by atoms with van der Waals surface area (Å²) in [5.74, 6) is -0.698. The number of nitrogens with zero attached hydrogens (tertiary/aromatic N) is 1. The maximum atomic E-state index is 12.6. The molecule has 0 saturated heterocycles. The van der Waals surface area contributed by atoms with Crippen molar-refractivity contribution in [3.8, 4) is 9.88 Å². The zero-order valence-electron chi connectivity index (χ0n) is 13.3. The molecule has 3 aromatic rings. The van der Waals surface area contributed by atoms with Crippen LogP contribution in [0.2, 0.25) is 0 Å². The highest BCUT2D eigenvalue weighted by Gasteiger charge is 2.28. The molecule has 0 aromatic carbocycles. The van der Waals surface area contributed by atoms with Gasteiger partial charge in [0.25, 0.3) is 5.91 Å². The van der Waals surface area contributed by atoms with Gasteiger partial charge in [-0.3, -0.25) is 4.79 Å². The highest BCUT2D eigenvalue weighted by molar-refractivity contribution is 7.20. The molecule has 0 spiro atoms. The van der Waals surface area contributed by atoms with Gasteiger partial charge < -0.3 is 10.1 Å². The molecule has 0 bridgehead atoms. The molecule has 8 heteroatoms. The zero-order chi connectivity index (χ0) is 17.4. The molecule has 0 unspecified atom stereocenters. The maximum absolute atomic E-state index is 12.6. The Balaban J connectivity index is 1.60. The van der Waals surface area contributed by atoms with E-state index in [1.165, 1.54) is 29.8 Å². The summed E-state index contributed by atoms with van der Waals surface area (Å²) < 4.78 is 4.91. The second kappa shape index (κ2) is 6.70. The molecule has 3 aromatic heterocycles. The molecule has 0 atom stereocenters. The van der Waals surface area contributed by atoms with E-state index >= 15 is 0 Å². The van der Waals surface area contributed by atoms with Gasteiger partial charge in [0.15, 0.2) is 0 Å². The summed E-state index contributed by atoms with van der Waals surface area (Å²) in [6.07, 6.45) is 2.83. The van der Waals surface area contributed by atoms with Crippen molar-refractivity contribution >= 4 is 50.9 Å². The molecule has 0 saturated carbocycles. The minimum Gasteiger partial charge on any atom is -0.465 e. The summed E-state index contributed by atoms with van der Waals surface area (Å²) in [6, 6.07) is 3.93. The largest absolute Gasteiger partial charge is 0.465 e. The van der Waals surface area contributed by atoms with Crippen molar-refractivity contribution in [2.45, 2.75) is 19.3 Å². The number of amides is 1. The number of esters is 1. The molecular formula is C17H14N2O3S3. The van der Waals surface area contributed by atoms with Crippen molar-refractivity contribution in [3.05, 3.63) is 44.6 Å². The number of methoxy groups -OCH3 is 1. The number of anilines is 1. The second-order valence-corrected chi connectivity index (χ2v) is 8.43. The van der Waals surface area contributed by atoms with Crippen LogP contribution in [0.4, 0.5) is 5.00 Å². The van der Waals surface area contributed by atoms with E-state index in [-0.39, 0.29) is 5.91 Å². The molecule has 1 aliphatic rings. The van der Waals surface area contributed by atoms with Crippen LogP contribution in [0.5, 0.6) is 0 Å². The van der Waals surface area contributed by atoms with Gasteiger partial charge in [0, 0.05) is 10.3 Å². The minimum atomic E-state index is -0.396. The normalized spacial score (nSPS) is 12.8. The van der Waals surface area contributed by atoms with E-state index in [0.29, 0.717) is 16.3 Å². The van der Waals surface area contributed by atoms with Gasteiger partial charge >= 0.3 is 5.97 Å². The van der Waals surface area contributed by atoms with Crippen molar-refractivity contribution in [3.63, 3.8) is 0 Å². The lowest BCUT2D eigenvalue weighted by Crippen LogP contribution is -2.15. The van der Waals surface area contributed by atoms with Crippen LogP contribution in [0.1, 0.15) is 37.7 Å². The predicted octanol–water partition coefficient (Wildman–Crippen LogP) is 4.46. The van der Waals surface area contributed by atoms with Crippen molar-refractivity contribution in [1.82, 2.24) is 4.98 Å². The standard InChI is InChI=1S/C17H14N2O3S3/c1-22-17(21)13-9-4-2-5-11(9)25-16(13)19-14(20)10-8-24-15(18-10)12-6-3-7-23-12/h3,6-8H,2,4-5H2,1H3,(H,19,20). The van der Waals surface area contributed by atoms with Crippen molar-refractivity contribution < 1.29 is 14.3 Å². The summed E-state index contributed by atoms with van der Waals surface area (Å²) in [7, 11) is 1.36. The first-order valence-electron chi connectivity index (χ1n) is 7.71. The Morgan fingerprint density at radius 1 is 1.28 bits per heavy atom. The average Bonchev–Trinajstić information content (AvgIpc) is 3.35. The monoisotopic (exact) mass is 390 g/mol. The molecule has 1 N–H and O–H groups in total. The molecule has 0 aliphatic heterocycles. The Hall–Kier alpha value is -2.03. The Morgan fingerprint density at radius 2 is 2.16 bits per heavy atom. The minimum absolute atomic E-state index is 0.302. The summed E-state index contributed by atoms with van der Waals surface area (Å²) in [5, 5.41) is 7.96. The van der Waals surface area contributed by atoms with Crippen LogP contribution in [-0.2, 0) is 17.6 Å². The third-order valence-corrected chi connectivity index (χ3v) is 7.10. The van der Waals surface area contributed by atoms with Gasteiger partial charge in [-0.1, -0.05) is 6.07 Å². The van der Waals surface area contributed by atoms with Crippen LogP contribution in [0, 0.1) is 0 Å². The number of carbonyl (C=O) groups is 2. The van der Waals surface area contributed by atoms with Crippen LogP contribution in [0.25, 0.3) is 9.88 Å². The van der Waals surface area contributed by atoms with E-state index in [1.54, 1.807) is 16.7 Å². The van der Waals surface area contributed by atoms with Crippen LogP contribution in [-0.4, -0.2) is 24.0 Å². The Bertz CT molecular complexity index is 941. The van der Waals surface area contributed by atoms with E-state index < -0.39 is 5.97 Å². The highest BCUT2D eigenvalue weighted by Crippen LogP contribution is 2.39. The van der Waals surface area contributed by atoms with Gasteiger partial charge in [-0.2, -0.15) is 0 Å². The summed E-state index contributed by atoms with van der Waals surface area (Å²) in [6.45, 7) is 0. The van der Waals surface area contributed by atoms with Crippen molar-refractivity contribution in [2.24, 2.45) is 0 Å². The van der Waals surface area contributed by atoms with Gasteiger partial charge in [0.1, 0.15) is 15.7 Å². The number of hydrogen-bond donors (Lipinski definition) is 1. The first kappa shape index (κ1) is 16.4. The van der Waals surface area contributed by atoms with Crippen molar-refractivity contribution in [2.75, 3.05) is 12.4 Å². The van der Waals surface area contributed by atoms with Crippen LogP contribution in [0.3, 0.4) is 0 Å². The van der Waals surface area contributed by atoms with Gasteiger partial charge in [0.2, 0.25) is 0 Å². The first-order chi connectivity index (χ1) is 12.2. The molecule has 25 heavy (non-hydrogen) atoms. The smallest absolute Gasteiger partial charge is 0.341 e. The van der Waals surface area contributed by atoms with Gasteiger partial charge in [-0.25, -0.2) is 9.78 Å². The number of thiazole rings is 1. The third-order valence-electron chi connectivity index (χ3n) is 4.01. The van der Waals surface area contributed by atoms with E-state index in [1.807, 2.05) is 17.5 Å². The molecule has 0 radical (unpaired) electrons. The average molecular weight is 391 g/mol. The first-order valence-corrected chi connectivity index (χ1v) is 10.3. The van der Waals surface area contributed by atoms with Crippen LogP contribution in [0.15, 0.2) is 22.9 Å². The van der Waals surface area contributed by atoms with E-state index in [9.17, 15) is 9.59 Å². The van der Waals surface area contributed by atoms with Crippen molar-refractivity contribution in [1.29, 1.82) is 0 Å². The molecule has 1 amide bonds. The molecule has 5 nitrogen and oxygen atoms in total. The fourth-order valence-corrected chi connectivity index (χ4v) is 5.76. The van der Waals surface area contributed by atoms with Gasteiger partial charge in [-0.15, -0.1) is 34.0 Å². The van der Waals surface area contributed by atoms with E-state index in [4.69, 9.17) is 4.74 Å². The SMILES string of the molecule is COC(=O)c1c(NC(=O)c2csc(-c3cccs3)n2)sc2c1CCC2. The second-order valence-electron chi connectivity index (χ2n) is 5.52. The van der Waals surface area contributed by atoms with E-state index in [2.05, 4.69) is 10.3 Å². The Kier molecular flexibility index (Phi) is 4.41. The number of aryl methyl sites for hydroxylation is 1. The molecule has 4 rings (SSSR count). The van der Waals surface area contributed by atoms with Gasteiger partial charge in [-0.05, 0) is 36.3 Å².